The smallest absolute Gasteiger partial charge is 0.335 e. The van der Waals surface area contributed by atoms with Crippen molar-refractivity contribution >= 4 is 17.1 Å². The van der Waals surface area contributed by atoms with Gasteiger partial charge in [0.15, 0.2) is 0 Å². The van der Waals surface area contributed by atoms with Crippen molar-refractivity contribution in [3.63, 3.8) is 0 Å². The summed E-state index contributed by atoms with van der Waals surface area (Å²) in [6, 6.07) is 20.8. The summed E-state index contributed by atoms with van der Waals surface area (Å²) >= 11 is 0. The second-order valence-corrected chi connectivity index (χ2v) is 12.0. The molecule has 0 unspecified atom stereocenters. The van der Waals surface area contributed by atoms with E-state index in [-0.39, 0.29) is 12.8 Å². The molecular formula is C37H43FO3. The molecule has 0 atom stereocenters. The van der Waals surface area contributed by atoms with Crippen LogP contribution in [0.15, 0.2) is 60.7 Å². The summed E-state index contributed by atoms with van der Waals surface area (Å²) < 4.78 is 18.8. The van der Waals surface area contributed by atoms with Crippen molar-refractivity contribution in [2.75, 3.05) is 6.67 Å². The highest BCUT2D eigenvalue weighted by Gasteiger charge is 2.24. The molecule has 41 heavy (non-hydrogen) atoms. The van der Waals surface area contributed by atoms with Crippen molar-refractivity contribution in [2.45, 2.75) is 90.6 Å². The topological polar surface area (TPSA) is 46.5 Å². The quantitative estimate of drug-likeness (QED) is 0.254. The van der Waals surface area contributed by atoms with Gasteiger partial charge < -0.3 is 9.84 Å². The molecule has 216 valence electrons. The molecule has 0 saturated heterocycles. The third-order valence-corrected chi connectivity index (χ3v) is 8.99. The Labute approximate surface area is 244 Å². The third-order valence-electron chi connectivity index (χ3n) is 8.99. The Morgan fingerprint density at radius 2 is 1.63 bits per heavy atom. The van der Waals surface area contributed by atoms with Crippen molar-refractivity contribution in [1.29, 1.82) is 0 Å². The highest BCUT2D eigenvalue weighted by molar-refractivity contribution is 6.01. The maximum Gasteiger partial charge on any atom is 0.335 e. The van der Waals surface area contributed by atoms with Crippen LogP contribution in [0.4, 0.5) is 4.39 Å². The largest absolute Gasteiger partial charge is 0.490 e. The van der Waals surface area contributed by atoms with E-state index in [9.17, 15) is 14.3 Å². The number of unbranched alkanes of at least 4 members (excludes halogenated alkanes) is 2. The van der Waals surface area contributed by atoms with E-state index in [1.165, 1.54) is 47.1 Å². The molecule has 5 rings (SSSR count). The highest BCUT2D eigenvalue weighted by Crippen LogP contribution is 2.41. The molecule has 1 saturated carbocycles. The van der Waals surface area contributed by atoms with Crippen LogP contribution >= 0.6 is 0 Å². The van der Waals surface area contributed by atoms with Crippen LogP contribution < -0.4 is 4.74 Å². The fourth-order valence-corrected chi connectivity index (χ4v) is 6.81. The van der Waals surface area contributed by atoms with E-state index in [0.29, 0.717) is 12.0 Å². The average Bonchev–Trinajstić information content (AvgIpc) is 3.16. The molecule has 4 heteroatoms. The van der Waals surface area contributed by atoms with Crippen LogP contribution in [0.2, 0.25) is 0 Å². The second kappa shape index (κ2) is 13.5. The first kappa shape index (κ1) is 29.1. The van der Waals surface area contributed by atoms with E-state index in [1.807, 2.05) is 12.1 Å². The lowest BCUT2D eigenvalue weighted by Crippen LogP contribution is -2.24. The summed E-state index contributed by atoms with van der Waals surface area (Å²) in [5, 5.41) is 9.63. The number of aromatic carboxylic acids is 1. The monoisotopic (exact) mass is 554 g/mol. The van der Waals surface area contributed by atoms with Gasteiger partial charge in [0.05, 0.1) is 18.3 Å². The number of carboxylic acids is 1. The molecule has 3 nitrogen and oxygen atoms in total. The van der Waals surface area contributed by atoms with Crippen LogP contribution in [0.3, 0.4) is 0 Å². The van der Waals surface area contributed by atoms with Gasteiger partial charge in [0.1, 0.15) is 5.75 Å². The number of hydrogen-bond donors (Lipinski definition) is 1. The van der Waals surface area contributed by atoms with Crippen LogP contribution in [0.5, 0.6) is 5.75 Å². The van der Waals surface area contributed by atoms with Crippen molar-refractivity contribution < 1.29 is 19.0 Å². The number of ether oxygens (including phenoxy) is 1. The Morgan fingerprint density at radius 1 is 0.878 bits per heavy atom. The van der Waals surface area contributed by atoms with Gasteiger partial charge in [0.2, 0.25) is 0 Å². The minimum atomic E-state index is -0.885. The Kier molecular flexibility index (Phi) is 9.59. The number of allylic oxidation sites excluding steroid dienone is 1. The Balaban J connectivity index is 1.40. The van der Waals surface area contributed by atoms with Gasteiger partial charge in [-0.3, -0.25) is 4.39 Å². The SMILES string of the molecule is Cc1ccc(C2=C(c3ccc(OC4CCC(CCCCCF)CC4)cc3)c3ccc(C(=O)O)cc3CCC2)c(C)c1. The predicted octanol–water partition coefficient (Wildman–Crippen LogP) is 9.76. The third kappa shape index (κ3) is 7.09. The minimum Gasteiger partial charge on any atom is -0.490 e. The van der Waals surface area contributed by atoms with Gasteiger partial charge in [-0.25, -0.2) is 4.79 Å². The molecule has 0 spiro atoms. The zero-order valence-electron chi connectivity index (χ0n) is 24.6. The summed E-state index contributed by atoms with van der Waals surface area (Å²) in [7, 11) is 0. The number of carbonyl (C=O) groups is 1. The second-order valence-electron chi connectivity index (χ2n) is 12.0. The summed E-state index contributed by atoms with van der Waals surface area (Å²) in [6.45, 7) is 4.12. The summed E-state index contributed by atoms with van der Waals surface area (Å²) in [5.74, 6) is 0.776. The van der Waals surface area contributed by atoms with Crippen LogP contribution in [-0.2, 0) is 6.42 Å². The van der Waals surface area contributed by atoms with Crippen molar-refractivity contribution in [3.05, 3.63) is 99.6 Å². The van der Waals surface area contributed by atoms with E-state index in [4.69, 9.17) is 4.74 Å². The van der Waals surface area contributed by atoms with Crippen LogP contribution in [0, 0.1) is 19.8 Å². The van der Waals surface area contributed by atoms with Crippen LogP contribution in [0.25, 0.3) is 11.1 Å². The molecule has 0 radical (unpaired) electrons. The zero-order valence-corrected chi connectivity index (χ0v) is 24.6. The highest BCUT2D eigenvalue weighted by atomic mass is 19.1. The fourth-order valence-electron chi connectivity index (χ4n) is 6.81. The van der Waals surface area contributed by atoms with Crippen LogP contribution in [0.1, 0.15) is 108 Å². The molecule has 0 heterocycles. The van der Waals surface area contributed by atoms with Gasteiger partial charge in [-0.15, -0.1) is 0 Å². The molecule has 3 aromatic carbocycles. The first-order valence-corrected chi connectivity index (χ1v) is 15.4. The summed E-state index contributed by atoms with van der Waals surface area (Å²) in [6.07, 6.45) is 11.6. The lowest BCUT2D eigenvalue weighted by molar-refractivity contribution is 0.0696. The molecule has 3 aromatic rings. The minimum absolute atomic E-state index is 0.193. The maximum atomic E-state index is 12.4. The number of fused-ring (bicyclic) bond motifs is 1. The van der Waals surface area contributed by atoms with Gasteiger partial charge in [-0.2, -0.15) is 0 Å². The number of benzene rings is 3. The van der Waals surface area contributed by atoms with E-state index < -0.39 is 5.97 Å². The maximum absolute atomic E-state index is 12.4. The predicted molar refractivity (Wildman–Crippen MR) is 165 cm³/mol. The van der Waals surface area contributed by atoms with Crippen molar-refractivity contribution in [3.8, 4) is 5.75 Å². The van der Waals surface area contributed by atoms with Crippen LogP contribution in [-0.4, -0.2) is 23.9 Å². The Bertz CT molecular complexity index is 1380. The zero-order chi connectivity index (χ0) is 28.8. The number of halogens is 1. The van der Waals surface area contributed by atoms with Gasteiger partial charge in [0.25, 0.3) is 0 Å². The molecule has 2 aliphatic carbocycles. The van der Waals surface area contributed by atoms with Crippen molar-refractivity contribution in [1.82, 2.24) is 0 Å². The number of alkyl halides is 1. The first-order valence-electron chi connectivity index (χ1n) is 15.4. The van der Waals surface area contributed by atoms with E-state index in [0.717, 1.165) is 73.3 Å². The molecular weight excluding hydrogens is 511 g/mol. The van der Waals surface area contributed by atoms with Gasteiger partial charge in [-0.05, 0) is 134 Å². The molecule has 1 N–H and O–H groups in total. The number of aryl methyl sites for hydroxylation is 3. The molecule has 1 fully saturated rings. The van der Waals surface area contributed by atoms with E-state index in [1.54, 1.807) is 6.07 Å². The molecule has 0 amide bonds. The fraction of sp³-hybridized carbons (Fsp3) is 0.432. The number of rotatable bonds is 10. The first-order chi connectivity index (χ1) is 19.9. The summed E-state index contributed by atoms with van der Waals surface area (Å²) in [5.41, 5.74) is 10.0. The molecule has 0 aromatic heterocycles. The number of hydrogen-bond acceptors (Lipinski definition) is 2. The standard InChI is InChI=1S/C37H43FO3/c1-25-10-20-33(26(2)23-25)35-9-6-8-29-24-30(37(39)40)15-21-34(29)36(35)28-13-18-32(19-14-28)41-31-16-11-27(12-17-31)7-4-3-5-22-38/h10,13-15,18-21,23-24,27,31H,3-9,11-12,16-17,22H2,1-2H3,(H,39,40). The van der Waals surface area contributed by atoms with E-state index in [2.05, 4.69) is 56.3 Å². The lowest BCUT2D eigenvalue weighted by Gasteiger charge is -2.29. The van der Waals surface area contributed by atoms with Crippen molar-refractivity contribution in [2.24, 2.45) is 5.92 Å². The Hall–Kier alpha value is -3.40. The Morgan fingerprint density at radius 3 is 2.34 bits per heavy atom. The van der Waals surface area contributed by atoms with Gasteiger partial charge in [-0.1, -0.05) is 61.2 Å². The van der Waals surface area contributed by atoms with Gasteiger partial charge >= 0.3 is 5.97 Å². The number of carboxylic acid groups (broad SMARTS) is 1. The normalized spacial score (nSPS) is 19.0. The lowest BCUT2D eigenvalue weighted by atomic mass is 9.84. The average molecular weight is 555 g/mol. The van der Waals surface area contributed by atoms with E-state index >= 15 is 0 Å². The molecule has 0 bridgehead atoms. The summed E-state index contributed by atoms with van der Waals surface area (Å²) in [4.78, 5) is 11.7. The van der Waals surface area contributed by atoms with Gasteiger partial charge in [0, 0.05) is 0 Å². The molecule has 2 aliphatic rings. The molecule has 0 aliphatic heterocycles.